The average molecular weight is 185 g/mol. The first-order valence-electron chi connectivity index (χ1n) is 4.63. The van der Waals surface area contributed by atoms with Crippen molar-refractivity contribution in [2.45, 2.75) is 32.7 Å². The molecular weight excluding hydrogens is 166 g/mol. The second-order valence-corrected chi connectivity index (χ2v) is 3.42. The summed E-state index contributed by atoms with van der Waals surface area (Å²) < 4.78 is 0. The summed E-state index contributed by atoms with van der Waals surface area (Å²) in [4.78, 5) is 11.2. The molecule has 0 saturated carbocycles. The van der Waals surface area contributed by atoms with E-state index in [0.29, 0.717) is 18.8 Å². The van der Waals surface area contributed by atoms with Crippen molar-refractivity contribution in [3.05, 3.63) is 12.7 Å². The van der Waals surface area contributed by atoms with E-state index in [2.05, 4.69) is 11.9 Å². The molecule has 1 unspecified atom stereocenters. The standard InChI is InChI=1S/C10H19NO2/c1-4-5-10(13)11-9(6-7-12)8(2)3/h4,8-9,12H,1,5-7H2,2-3H3,(H,11,13). The predicted molar refractivity (Wildman–Crippen MR) is 53.3 cm³/mol. The number of carbonyl (C=O) groups excluding carboxylic acids is 1. The fraction of sp³-hybridized carbons (Fsp3) is 0.700. The maximum absolute atomic E-state index is 11.2. The lowest BCUT2D eigenvalue weighted by Crippen LogP contribution is -2.38. The number of carbonyl (C=O) groups is 1. The molecule has 0 radical (unpaired) electrons. The van der Waals surface area contributed by atoms with Crippen LogP contribution in [0.4, 0.5) is 0 Å². The third-order valence-electron chi connectivity index (χ3n) is 1.92. The smallest absolute Gasteiger partial charge is 0.224 e. The zero-order chi connectivity index (χ0) is 10.3. The van der Waals surface area contributed by atoms with Crippen LogP contribution in [0.3, 0.4) is 0 Å². The van der Waals surface area contributed by atoms with Crippen molar-refractivity contribution in [3.63, 3.8) is 0 Å². The van der Waals surface area contributed by atoms with Gasteiger partial charge in [-0.2, -0.15) is 0 Å². The van der Waals surface area contributed by atoms with Gasteiger partial charge in [-0.3, -0.25) is 4.79 Å². The summed E-state index contributed by atoms with van der Waals surface area (Å²) in [5.41, 5.74) is 0. The van der Waals surface area contributed by atoms with E-state index in [1.807, 2.05) is 13.8 Å². The normalized spacial score (nSPS) is 12.6. The van der Waals surface area contributed by atoms with E-state index in [4.69, 9.17) is 5.11 Å². The van der Waals surface area contributed by atoms with E-state index < -0.39 is 0 Å². The minimum atomic E-state index is -0.0258. The van der Waals surface area contributed by atoms with Gasteiger partial charge in [-0.05, 0) is 12.3 Å². The zero-order valence-electron chi connectivity index (χ0n) is 8.42. The predicted octanol–water partition coefficient (Wildman–Crippen LogP) is 1.09. The van der Waals surface area contributed by atoms with Crippen LogP contribution in [0.15, 0.2) is 12.7 Å². The summed E-state index contributed by atoms with van der Waals surface area (Å²) in [6.07, 6.45) is 2.53. The minimum Gasteiger partial charge on any atom is -0.396 e. The average Bonchev–Trinajstić information content (AvgIpc) is 2.04. The molecule has 0 spiro atoms. The first-order valence-corrected chi connectivity index (χ1v) is 4.63. The number of aliphatic hydroxyl groups is 1. The van der Waals surface area contributed by atoms with E-state index in [-0.39, 0.29) is 18.6 Å². The second kappa shape index (κ2) is 6.66. The largest absolute Gasteiger partial charge is 0.396 e. The quantitative estimate of drug-likeness (QED) is 0.608. The van der Waals surface area contributed by atoms with Gasteiger partial charge in [0.2, 0.25) is 5.91 Å². The third-order valence-corrected chi connectivity index (χ3v) is 1.92. The second-order valence-electron chi connectivity index (χ2n) is 3.42. The van der Waals surface area contributed by atoms with Crippen LogP contribution in [0.2, 0.25) is 0 Å². The Morgan fingerprint density at radius 2 is 2.23 bits per heavy atom. The monoisotopic (exact) mass is 185 g/mol. The van der Waals surface area contributed by atoms with Crippen molar-refractivity contribution >= 4 is 5.91 Å². The van der Waals surface area contributed by atoms with E-state index in [1.165, 1.54) is 0 Å². The molecule has 1 amide bonds. The van der Waals surface area contributed by atoms with Crippen LogP contribution in [0.25, 0.3) is 0 Å². The van der Waals surface area contributed by atoms with Crippen LogP contribution in [-0.4, -0.2) is 23.7 Å². The minimum absolute atomic E-state index is 0.0258. The number of hydrogen-bond donors (Lipinski definition) is 2. The molecule has 0 saturated heterocycles. The fourth-order valence-electron chi connectivity index (χ4n) is 1.11. The van der Waals surface area contributed by atoms with E-state index in [9.17, 15) is 4.79 Å². The van der Waals surface area contributed by atoms with Gasteiger partial charge in [0.05, 0.1) is 0 Å². The summed E-state index contributed by atoms with van der Waals surface area (Å²) in [7, 11) is 0. The molecule has 0 aliphatic carbocycles. The molecule has 0 aromatic rings. The Morgan fingerprint density at radius 3 is 2.62 bits per heavy atom. The van der Waals surface area contributed by atoms with Gasteiger partial charge in [0.15, 0.2) is 0 Å². The van der Waals surface area contributed by atoms with Gasteiger partial charge in [-0.25, -0.2) is 0 Å². The lowest BCUT2D eigenvalue weighted by molar-refractivity contribution is -0.121. The Bertz CT molecular complexity index is 166. The first-order chi connectivity index (χ1) is 6.11. The molecular formula is C10H19NO2. The fourth-order valence-corrected chi connectivity index (χ4v) is 1.11. The summed E-state index contributed by atoms with van der Waals surface area (Å²) in [6, 6.07) is 0.0671. The van der Waals surface area contributed by atoms with Gasteiger partial charge >= 0.3 is 0 Å². The van der Waals surface area contributed by atoms with Crippen LogP contribution in [0.1, 0.15) is 26.7 Å². The van der Waals surface area contributed by atoms with Crippen molar-refractivity contribution in [3.8, 4) is 0 Å². The highest BCUT2D eigenvalue weighted by atomic mass is 16.3. The van der Waals surface area contributed by atoms with Crippen LogP contribution in [0.5, 0.6) is 0 Å². The maximum atomic E-state index is 11.2. The SMILES string of the molecule is C=CCC(=O)NC(CCO)C(C)C. The van der Waals surface area contributed by atoms with E-state index >= 15 is 0 Å². The lowest BCUT2D eigenvalue weighted by Gasteiger charge is -2.21. The van der Waals surface area contributed by atoms with Crippen molar-refractivity contribution in [2.24, 2.45) is 5.92 Å². The molecule has 3 nitrogen and oxygen atoms in total. The van der Waals surface area contributed by atoms with Crippen LogP contribution in [-0.2, 0) is 4.79 Å². The van der Waals surface area contributed by atoms with Gasteiger partial charge in [-0.15, -0.1) is 6.58 Å². The highest BCUT2D eigenvalue weighted by molar-refractivity contribution is 5.77. The molecule has 0 aromatic heterocycles. The first kappa shape index (κ1) is 12.2. The number of amides is 1. The Hall–Kier alpha value is -0.830. The Morgan fingerprint density at radius 1 is 1.62 bits per heavy atom. The molecule has 0 bridgehead atoms. The molecule has 0 fully saturated rings. The van der Waals surface area contributed by atoms with Crippen molar-refractivity contribution in [1.82, 2.24) is 5.32 Å². The van der Waals surface area contributed by atoms with Gasteiger partial charge in [-0.1, -0.05) is 19.9 Å². The highest BCUT2D eigenvalue weighted by Gasteiger charge is 2.14. The summed E-state index contributed by atoms with van der Waals surface area (Å²) in [5, 5.41) is 11.6. The van der Waals surface area contributed by atoms with Crippen molar-refractivity contribution in [1.29, 1.82) is 0 Å². The van der Waals surface area contributed by atoms with Crippen LogP contribution >= 0.6 is 0 Å². The Kier molecular flexibility index (Phi) is 6.24. The summed E-state index contributed by atoms with van der Waals surface area (Å²) in [5.74, 6) is 0.322. The van der Waals surface area contributed by atoms with Gasteiger partial charge in [0, 0.05) is 19.1 Å². The Balaban J connectivity index is 3.93. The molecule has 0 aliphatic heterocycles. The Labute approximate surface area is 79.8 Å². The summed E-state index contributed by atoms with van der Waals surface area (Å²) >= 11 is 0. The van der Waals surface area contributed by atoms with Gasteiger partial charge in [0.1, 0.15) is 0 Å². The molecule has 1 atom stereocenters. The van der Waals surface area contributed by atoms with Crippen LogP contribution in [0, 0.1) is 5.92 Å². The zero-order valence-corrected chi connectivity index (χ0v) is 8.42. The third kappa shape index (κ3) is 5.42. The molecule has 13 heavy (non-hydrogen) atoms. The van der Waals surface area contributed by atoms with Crippen LogP contribution < -0.4 is 5.32 Å². The molecule has 0 aliphatic rings. The molecule has 76 valence electrons. The van der Waals surface area contributed by atoms with Crippen molar-refractivity contribution < 1.29 is 9.90 Å². The molecule has 0 rings (SSSR count). The van der Waals surface area contributed by atoms with Gasteiger partial charge in [0.25, 0.3) is 0 Å². The summed E-state index contributed by atoms with van der Waals surface area (Å²) in [6.45, 7) is 7.64. The molecule has 2 N–H and O–H groups in total. The van der Waals surface area contributed by atoms with Gasteiger partial charge < -0.3 is 10.4 Å². The van der Waals surface area contributed by atoms with E-state index in [0.717, 1.165) is 0 Å². The topological polar surface area (TPSA) is 49.3 Å². The molecule has 0 heterocycles. The molecule has 0 aromatic carbocycles. The lowest BCUT2D eigenvalue weighted by atomic mass is 10.0. The number of aliphatic hydroxyl groups excluding tert-OH is 1. The number of rotatable bonds is 6. The number of hydrogen-bond acceptors (Lipinski definition) is 2. The maximum Gasteiger partial charge on any atom is 0.224 e. The van der Waals surface area contributed by atoms with E-state index in [1.54, 1.807) is 6.08 Å². The number of nitrogens with one attached hydrogen (secondary N) is 1. The molecule has 3 heteroatoms. The highest BCUT2D eigenvalue weighted by Crippen LogP contribution is 2.05. The van der Waals surface area contributed by atoms with Crippen molar-refractivity contribution in [2.75, 3.05) is 6.61 Å².